The molecule has 1 nitrogen and oxygen atoms in total. The Morgan fingerprint density at radius 2 is 2.07 bits per heavy atom. The van der Waals surface area contributed by atoms with E-state index in [-0.39, 0.29) is 5.41 Å². The zero-order valence-electron chi connectivity index (χ0n) is 9.85. The van der Waals surface area contributed by atoms with Gasteiger partial charge in [0.25, 0.3) is 0 Å². The highest BCUT2D eigenvalue weighted by Gasteiger charge is 2.29. The van der Waals surface area contributed by atoms with Crippen molar-refractivity contribution in [3.8, 4) is 0 Å². The maximum Gasteiger partial charge on any atom is 0.116 e. The van der Waals surface area contributed by atoms with Crippen LogP contribution in [0.5, 0.6) is 0 Å². The minimum Gasteiger partial charge on any atom is -0.248 e. The van der Waals surface area contributed by atoms with Crippen LogP contribution in [0.15, 0.2) is 5.51 Å². The van der Waals surface area contributed by atoms with Gasteiger partial charge in [-0.25, -0.2) is 4.98 Å². The molecule has 0 amide bonds. The zero-order valence-corrected chi connectivity index (χ0v) is 11.4. The molecule has 0 aliphatic carbocycles. The van der Waals surface area contributed by atoms with Crippen LogP contribution in [0.3, 0.4) is 0 Å². The molecule has 1 rings (SSSR count). The van der Waals surface area contributed by atoms with Crippen molar-refractivity contribution in [1.82, 2.24) is 4.98 Å². The second kappa shape index (κ2) is 5.86. The van der Waals surface area contributed by atoms with Crippen LogP contribution in [0.4, 0.5) is 0 Å². The predicted molar refractivity (Wildman–Crippen MR) is 68.9 cm³/mol. The van der Waals surface area contributed by atoms with Crippen molar-refractivity contribution in [3.63, 3.8) is 0 Å². The first kappa shape index (κ1) is 13.0. The molecule has 0 spiro atoms. The van der Waals surface area contributed by atoms with Gasteiger partial charge >= 0.3 is 0 Å². The molecule has 0 bridgehead atoms. The Balaban J connectivity index is 2.85. The van der Waals surface area contributed by atoms with Crippen LogP contribution in [0, 0.1) is 0 Å². The number of halogens is 1. The molecule has 0 fully saturated rings. The maximum atomic E-state index is 6.19. The number of aromatic nitrogens is 1. The van der Waals surface area contributed by atoms with Crippen molar-refractivity contribution >= 4 is 22.9 Å². The summed E-state index contributed by atoms with van der Waals surface area (Å²) in [5.74, 6) is 0. The van der Waals surface area contributed by atoms with Gasteiger partial charge in [0.15, 0.2) is 0 Å². The number of hydrogen-bond acceptors (Lipinski definition) is 2. The fourth-order valence-corrected chi connectivity index (χ4v) is 3.16. The lowest BCUT2D eigenvalue weighted by atomic mass is 9.78. The van der Waals surface area contributed by atoms with Gasteiger partial charge in [0.1, 0.15) is 4.34 Å². The molecule has 15 heavy (non-hydrogen) atoms. The third-order valence-electron chi connectivity index (χ3n) is 2.98. The van der Waals surface area contributed by atoms with Crippen LogP contribution in [-0.2, 0) is 5.41 Å². The molecule has 1 unspecified atom stereocenters. The lowest BCUT2D eigenvalue weighted by Gasteiger charge is -2.27. The average Bonchev–Trinajstić information content (AvgIpc) is 2.62. The molecule has 0 radical (unpaired) electrons. The fraction of sp³-hybridized carbons (Fsp3) is 0.750. The Kier molecular flexibility index (Phi) is 5.07. The summed E-state index contributed by atoms with van der Waals surface area (Å²) in [6, 6.07) is 0. The van der Waals surface area contributed by atoms with Crippen LogP contribution < -0.4 is 0 Å². The number of hydrogen-bond donors (Lipinski definition) is 0. The molecule has 1 aromatic rings. The van der Waals surface area contributed by atoms with E-state index in [9.17, 15) is 0 Å². The average molecular weight is 246 g/mol. The highest BCUT2D eigenvalue weighted by atomic mass is 35.5. The molecule has 1 heterocycles. The summed E-state index contributed by atoms with van der Waals surface area (Å²) in [6.07, 6.45) is 6.05. The summed E-state index contributed by atoms with van der Waals surface area (Å²) in [6.45, 7) is 6.76. The lowest BCUT2D eigenvalue weighted by molar-refractivity contribution is 0.375. The molecule has 1 aromatic heterocycles. The van der Waals surface area contributed by atoms with Gasteiger partial charge in [0.05, 0.1) is 11.2 Å². The third-order valence-corrected chi connectivity index (χ3v) is 4.04. The van der Waals surface area contributed by atoms with Gasteiger partial charge in [0, 0.05) is 5.41 Å². The zero-order chi connectivity index (χ0) is 11.3. The Hall–Kier alpha value is -0.0800. The van der Waals surface area contributed by atoms with E-state index in [4.69, 9.17) is 11.6 Å². The Bertz CT molecular complexity index is 298. The second-order valence-electron chi connectivity index (χ2n) is 4.39. The van der Waals surface area contributed by atoms with E-state index in [1.165, 1.54) is 32.1 Å². The van der Waals surface area contributed by atoms with Crippen LogP contribution in [0.25, 0.3) is 0 Å². The molecule has 3 heteroatoms. The van der Waals surface area contributed by atoms with Gasteiger partial charge in [-0.3, -0.25) is 0 Å². The van der Waals surface area contributed by atoms with Crippen molar-refractivity contribution in [3.05, 3.63) is 15.5 Å². The SMILES string of the molecule is CCCCC(C)(CCC)c1ncsc1Cl. The van der Waals surface area contributed by atoms with Gasteiger partial charge in [-0.05, 0) is 12.8 Å². The summed E-state index contributed by atoms with van der Waals surface area (Å²) < 4.78 is 0.877. The minimum absolute atomic E-state index is 0.182. The quantitative estimate of drug-likeness (QED) is 0.684. The summed E-state index contributed by atoms with van der Waals surface area (Å²) in [4.78, 5) is 4.45. The summed E-state index contributed by atoms with van der Waals surface area (Å²) in [7, 11) is 0. The highest BCUT2D eigenvalue weighted by molar-refractivity contribution is 7.14. The van der Waals surface area contributed by atoms with Gasteiger partial charge in [-0.2, -0.15) is 0 Å². The first-order chi connectivity index (χ1) is 7.14. The van der Waals surface area contributed by atoms with E-state index >= 15 is 0 Å². The summed E-state index contributed by atoms with van der Waals surface area (Å²) >= 11 is 7.74. The smallest absolute Gasteiger partial charge is 0.116 e. The number of thiazole rings is 1. The number of unbranched alkanes of at least 4 members (excludes halogenated alkanes) is 1. The van der Waals surface area contributed by atoms with E-state index in [0.717, 1.165) is 10.0 Å². The lowest BCUT2D eigenvalue weighted by Crippen LogP contribution is -2.22. The molecule has 0 aliphatic heterocycles. The maximum absolute atomic E-state index is 6.19. The highest BCUT2D eigenvalue weighted by Crippen LogP contribution is 2.38. The van der Waals surface area contributed by atoms with Gasteiger partial charge in [-0.1, -0.05) is 51.6 Å². The predicted octanol–water partition coefficient (Wildman–Crippen LogP) is 5.04. The molecular formula is C12H20ClNS. The van der Waals surface area contributed by atoms with Crippen molar-refractivity contribution in [2.45, 2.75) is 58.3 Å². The topological polar surface area (TPSA) is 12.9 Å². The third kappa shape index (κ3) is 3.18. The van der Waals surface area contributed by atoms with E-state index in [2.05, 4.69) is 25.8 Å². The second-order valence-corrected chi connectivity index (χ2v) is 5.85. The van der Waals surface area contributed by atoms with E-state index in [1.54, 1.807) is 11.3 Å². The van der Waals surface area contributed by atoms with Crippen molar-refractivity contribution in [1.29, 1.82) is 0 Å². The van der Waals surface area contributed by atoms with E-state index in [0.29, 0.717) is 0 Å². The molecule has 86 valence electrons. The van der Waals surface area contributed by atoms with Gasteiger partial charge < -0.3 is 0 Å². The Labute approximate surface area is 102 Å². The largest absolute Gasteiger partial charge is 0.248 e. The minimum atomic E-state index is 0.182. The number of rotatable bonds is 6. The fourth-order valence-electron chi connectivity index (χ4n) is 2.11. The monoisotopic (exact) mass is 245 g/mol. The van der Waals surface area contributed by atoms with Crippen molar-refractivity contribution in [2.24, 2.45) is 0 Å². The van der Waals surface area contributed by atoms with E-state index < -0.39 is 0 Å². The molecule has 0 aromatic carbocycles. The van der Waals surface area contributed by atoms with Gasteiger partial charge in [0.2, 0.25) is 0 Å². The Morgan fingerprint density at radius 1 is 1.33 bits per heavy atom. The summed E-state index contributed by atoms with van der Waals surface area (Å²) in [5.41, 5.74) is 3.16. The first-order valence-electron chi connectivity index (χ1n) is 5.73. The van der Waals surface area contributed by atoms with Gasteiger partial charge in [-0.15, -0.1) is 11.3 Å². The molecule has 1 atom stereocenters. The number of nitrogens with zero attached hydrogens (tertiary/aromatic N) is 1. The standard InChI is InChI=1S/C12H20ClNS/c1-4-6-8-12(3,7-5-2)10-11(13)15-9-14-10/h9H,4-8H2,1-3H3. The van der Waals surface area contributed by atoms with Crippen LogP contribution in [-0.4, -0.2) is 4.98 Å². The van der Waals surface area contributed by atoms with Crippen LogP contribution in [0.2, 0.25) is 4.34 Å². The molecule has 0 aliphatic rings. The molecule has 0 N–H and O–H groups in total. The molecule has 0 saturated heterocycles. The van der Waals surface area contributed by atoms with Crippen LogP contribution >= 0.6 is 22.9 Å². The summed E-state index contributed by atoms with van der Waals surface area (Å²) in [5, 5.41) is 0. The van der Waals surface area contributed by atoms with Crippen molar-refractivity contribution in [2.75, 3.05) is 0 Å². The molecular weight excluding hydrogens is 226 g/mol. The molecule has 0 saturated carbocycles. The first-order valence-corrected chi connectivity index (χ1v) is 6.99. The Morgan fingerprint density at radius 3 is 2.53 bits per heavy atom. The normalized spacial score (nSPS) is 15.2. The van der Waals surface area contributed by atoms with E-state index in [1.807, 2.05) is 5.51 Å². The van der Waals surface area contributed by atoms with Crippen LogP contribution in [0.1, 0.15) is 58.6 Å². The van der Waals surface area contributed by atoms with Crippen molar-refractivity contribution < 1.29 is 0 Å².